The molecular formula is C20H30N2O2. The molecule has 1 aromatic rings. The molecule has 132 valence electrons. The Morgan fingerprint density at radius 1 is 1.08 bits per heavy atom. The van der Waals surface area contributed by atoms with Gasteiger partial charge in [-0.05, 0) is 62.6 Å². The number of amides is 2. The Hall–Kier alpha value is -1.84. The average molecular weight is 330 g/mol. The molecule has 2 amide bonds. The van der Waals surface area contributed by atoms with Crippen LogP contribution in [0.15, 0.2) is 24.3 Å². The Labute approximate surface area is 145 Å². The van der Waals surface area contributed by atoms with Crippen LogP contribution >= 0.6 is 0 Å². The SMILES string of the molecule is Cc1cccc(NC(=O)C2CCC(C(=O)NCCC(C)C)CC2)c1. The van der Waals surface area contributed by atoms with Crippen molar-refractivity contribution in [1.82, 2.24) is 5.32 Å². The van der Waals surface area contributed by atoms with Crippen LogP contribution in [0.4, 0.5) is 5.69 Å². The van der Waals surface area contributed by atoms with E-state index >= 15 is 0 Å². The van der Waals surface area contributed by atoms with Gasteiger partial charge in [0.25, 0.3) is 0 Å². The molecule has 4 heteroatoms. The molecule has 4 nitrogen and oxygen atoms in total. The first-order valence-electron chi connectivity index (χ1n) is 9.11. The average Bonchev–Trinajstić information content (AvgIpc) is 2.54. The fourth-order valence-electron chi connectivity index (χ4n) is 3.21. The zero-order chi connectivity index (χ0) is 17.5. The summed E-state index contributed by atoms with van der Waals surface area (Å²) in [5, 5.41) is 6.04. The topological polar surface area (TPSA) is 58.2 Å². The molecule has 1 aromatic carbocycles. The smallest absolute Gasteiger partial charge is 0.227 e. The first-order valence-corrected chi connectivity index (χ1v) is 9.11. The molecule has 0 spiro atoms. The van der Waals surface area contributed by atoms with Crippen molar-refractivity contribution in [2.45, 2.75) is 52.9 Å². The number of carbonyl (C=O) groups excluding carboxylic acids is 2. The highest BCUT2D eigenvalue weighted by atomic mass is 16.2. The van der Waals surface area contributed by atoms with Crippen molar-refractivity contribution in [2.75, 3.05) is 11.9 Å². The van der Waals surface area contributed by atoms with Crippen molar-refractivity contribution in [3.8, 4) is 0 Å². The predicted octanol–water partition coefficient (Wildman–Crippen LogP) is 3.90. The van der Waals surface area contributed by atoms with E-state index in [-0.39, 0.29) is 23.7 Å². The Kier molecular flexibility index (Phi) is 6.83. The Morgan fingerprint density at radius 2 is 1.71 bits per heavy atom. The number of aryl methyl sites for hydroxylation is 1. The van der Waals surface area contributed by atoms with Crippen molar-refractivity contribution < 1.29 is 9.59 Å². The van der Waals surface area contributed by atoms with Gasteiger partial charge in [-0.25, -0.2) is 0 Å². The van der Waals surface area contributed by atoms with Crippen LogP contribution < -0.4 is 10.6 Å². The van der Waals surface area contributed by atoms with E-state index < -0.39 is 0 Å². The highest BCUT2D eigenvalue weighted by molar-refractivity contribution is 5.92. The molecule has 2 rings (SSSR count). The molecule has 0 bridgehead atoms. The maximum absolute atomic E-state index is 12.4. The van der Waals surface area contributed by atoms with Crippen LogP contribution in [0.25, 0.3) is 0 Å². The summed E-state index contributed by atoms with van der Waals surface area (Å²) in [7, 11) is 0. The normalized spacial score (nSPS) is 20.7. The van der Waals surface area contributed by atoms with E-state index in [9.17, 15) is 9.59 Å². The first-order chi connectivity index (χ1) is 11.5. The third-order valence-electron chi connectivity index (χ3n) is 4.78. The quantitative estimate of drug-likeness (QED) is 0.831. The zero-order valence-electron chi connectivity index (χ0n) is 15.1. The van der Waals surface area contributed by atoms with Crippen LogP contribution in [0, 0.1) is 24.7 Å². The number of rotatable bonds is 6. The Balaban J connectivity index is 1.75. The number of carbonyl (C=O) groups is 2. The molecule has 1 fully saturated rings. The lowest BCUT2D eigenvalue weighted by atomic mass is 9.81. The summed E-state index contributed by atoms with van der Waals surface area (Å²) < 4.78 is 0. The monoisotopic (exact) mass is 330 g/mol. The van der Waals surface area contributed by atoms with E-state index in [1.165, 1.54) is 0 Å². The summed E-state index contributed by atoms with van der Waals surface area (Å²) in [5.74, 6) is 0.934. The van der Waals surface area contributed by atoms with Crippen molar-refractivity contribution in [3.05, 3.63) is 29.8 Å². The minimum Gasteiger partial charge on any atom is -0.356 e. The van der Waals surface area contributed by atoms with E-state index in [1.807, 2.05) is 31.2 Å². The van der Waals surface area contributed by atoms with Gasteiger partial charge in [0.05, 0.1) is 0 Å². The van der Waals surface area contributed by atoms with E-state index in [1.54, 1.807) is 0 Å². The van der Waals surface area contributed by atoms with Gasteiger partial charge < -0.3 is 10.6 Å². The van der Waals surface area contributed by atoms with E-state index in [2.05, 4.69) is 24.5 Å². The molecule has 2 N–H and O–H groups in total. The summed E-state index contributed by atoms with van der Waals surface area (Å²) >= 11 is 0. The van der Waals surface area contributed by atoms with Gasteiger partial charge in [0, 0.05) is 24.1 Å². The second kappa shape index (κ2) is 8.86. The number of benzene rings is 1. The maximum atomic E-state index is 12.4. The molecule has 0 radical (unpaired) electrons. The van der Waals surface area contributed by atoms with Gasteiger partial charge >= 0.3 is 0 Å². The maximum Gasteiger partial charge on any atom is 0.227 e. The van der Waals surface area contributed by atoms with Crippen molar-refractivity contribution in [2.24, 2.45) is 17.8 Å². The number of nitrogens with one attached hydrogen (secondary N) is 2. The fraction of sp³-hybridized carbons (Fsp3) is 0.600. The number of anilines is 1. The summed E-state index contributed by atoms with van der Waals surface area (Å²) in [6, 6.07) is 7.85. The van der Waals surface area contributed by atoms with Gasteiger partial charge in [-0.2, -0.15) is 0 Å². The van der Waals surface area contributed by atoms with Gasteiger partial charge in [0.2, 0.25) is 11.8 Å². The third kappa shape index (κ3) is 5.66. The van der Waals surface area contributed by atoms with Crippen LogP contribution in [-0.4, -0.2) is 18.4 Å². The van der Waals surface area contributed by atoms with Crippen LogP contribution in [0.2, 0.25) is 0 Å². The third-order valence-corrected chi connectivity index (χ3v) is 4.78. The molecule has 0 aliphatic heterocycles. The summed E-state index contributed by atoms with van der Waals surface area (Å²) in [5.41, 5.74) is 1.99. The van der Waals surface area contributed by atoms with E-state index in [4.69, 9.17) is 0 Å². The molecule has 0 unspecified atom stereocenters. The lowest BCUT2D eigenvalue weighted by Crippen LogP contribution is -2.36. The van der Waals surface area contributed by atoms with Gasteiger partial charge in [-0.1, -0.05) is 26.0 Å². The van der Waals surface area contributed by atoms with Crippen LogP contribution in [0.3, 0.4) is 0 Å². The van der Waals surface area contributed by atoms with Gasteiger partial charge in [-0.3, -0.25) is 9.59 Å². The summed E-state index contributed by atoms with van der Waals surface area (Å²) in [6.07, 6.45) is 4.21. The first kappa shape index (κ1) is 18.5. The minimum atomic E-state index is 0.0187. The van der Waals surface area contributed by atoms with Gasteiger partial charge in [0.1, 0.15) is 0 Å². The number of hydrogen-bond donors (Lipinski definition) is 2. The second-order valence-corrected chi connectivity index (χ2v) is 7.38. The lowest BCUT2D eigenvalue weighted by Gasteiger charge is -2.27. The van der Waals surface area contributed by atoms with Crippen LogP contribution in [-0.2, 0) is 9.59 Å². The molecule has 0 aromatic heterocycles. The van der Waals surface area contributed by atoms with Gasteiger partial charge in [-0.15, -0.1) is 0 Å². The molecule has 1 aliphatic carbocycles. The Morgan fingerprint density at radius 3 is 2.29 bits per heavy atom. The molecule has 0 atom stereocenters. The molecular weight excluding hydrogens is 300 g/mol. The van der Waals surface area contributed by atoms with E-state index in [0.717, 1.165) is 49.9 Å². The molecule has 24 heavy (non-hydrogen) atoms. The van der Waals surface area contributed by atoms with Crippen molar-refractivity contribution >= 4 is 17.5 Å². The van der Waals surface area contributed by atoms with Crippen molar-refractivity contribution in [3.63, 3.8) is 0 Å². The standard InChI is InChI=1S/C20H30N2O2/c1-14(2)11-12-21-19(23)16-7-9-17(10-8-16)20(24)22-18-6-4-5-15(3)13-18/h4-6,13-14,16-17H,7-12H2,1-3H3,(H,21,23)(H,22,24). The van der Waals surface area contributed by atoms with Crippen LogP contribution in [0.1, 0.15) is 51.5 Å². The minimum absolute atomic E-state index is 0.0187. The summed E-state index contributed by atoms with van der Waals surface area (Å²) in [6.45, 7) is 7.08. The van der Waals surface area contributed by atoms with E-state index in [0.29, 0.717) is 5.92 Å². The Bertz CT molecular complexity index is 561. The zero-order valence-corrected chi connectivity index (χ0v) is 15.1. The van der Waals surface area contributed by atoms with Crippen LogP contribution in [0.5, 0.6) is 0 Å². The van der Waals surface area contributed by atoms with Crippen molar-refractivity contribution in [1.29, 1.82) is 0 Å². The largest absolute Gasteiger partial charge is 0.356 e. The number of hydrogen-bond acceptors (Lipinski definition) is 2. The highest BCUT2D eigenvalue weighted by Crippen LogP contribution is 2.30. The predicted molar refractivity (Wildman–Crippen MR) is 97.7 cm³/mol. The lowest BCUT2D eigenvalue weighted by molar-refractivity contribution is -0.128. The molecule has 0 saturated heterocycles. The second-order valence-electron chi connectivity index (χ2n) is 7.38. The molecule has 0 heterocycles. The highest BCUT2D eigenvalue weighted by Gasteiger charge is 2.29. The summed E-state index contributed by atoms with van der Waals surface area (Å²) in [4.78, 5) is 24.6. The fourth-order valence-corrected chi connectivity index (χ4v) is 3.21. The van der Waals surface area contributed by atoms with Gasteiger partial charge in [0.15, 0.2) is 0 Å². The molecule has 1 saturated carbocycles. The molecule has 1 aliphatic rings.